The Labute approximate surface area is 192 Å². The lowest BCUT2D eigenvalue weighted by Gasteiger charge is -2.27. The minimum Gasteiger partial charge on any atom is -0.497 e. The molecule has 4 aromatic carbocycles. The second-order valence-corrected chi connectivity index (χ2v) is 11.4. The SMILES string of the molecule is COc1ccc(COCCC[P+](c2ccccc2)(c2ccccc2)c2ccccc2)cc1. The molecule has 32 heavy (non-hydrogen) atoms. The Bertz CT molecular complexity index is 968. The fraction of sp³-hybridized carbons (Fsp3) is 0.172. The highest BCUT2D eigenvalue weighted by atomic mass is 31.2. The fourth-order valence-corrected chi connectivity index (χ4v) is 8.51. The number of benzene rings is 4. The van der Waals surface area contributed by atoms with E-state index in [0.717, 1.165) is 24.9 Å². The molecule has 0 fully saturated rings. The highest BCUT2D eigenvalue weighted by molar-refractivity contribution is 7.95. The Morgan fingerprint density at radius 1 is 0.594 bits per heavy atom. The van der Waals surface area contributed by atoms with E-state index in [1.165, 1.54) is 21.5 Å². The number of hydrogen-bond donors (Lipinski definition) is 0. The molecular formula is C29H30O2P+. The molecule has 0 amide bonds. The Morgan fingerprint density at radius 3 is 1.50 bits per heavy atom. The zero-order valence-electron chi connectivity index (χ0n) is 18.6. The zero-order chi connectivity index (χ0) is 22.1. The molecule has 4 rings (SSSR count). The van der Waals surface area contributed by atoms with E-state index in [4.69, 9.17) is 9.47 Å². The predicted molar refractivity (Wildman–Crippen MR) is 137 cm³/mol. The van der Waals surface area contributed by atoms with E-state index in [1.54, 1.807) is 7.11 Å². The van der Waals surface area contributed by atoms with Crippen LogP contribution in [0.5, 0.6) is 5.75 Å². The van der Waals surface area contributed by atoms with E-state index in [2.05, 4.69) is 103 Å². The van der Waals surface area contributed by atoms with Crippen molar-refractivity contribution in [2.75, 3.05) is 19.9 Å². The first kappa shape index (κ1) is 22.3. The van der Waals surface area contributed by atoms with E-state index in [-0.39, 0.29) is 0 Å². The molecule has 162 valence electrons. The van der Waals surface area contributed by atoms with Crippen LogP contribution in [0.1, 0.15) is 12.0 Å². The van der Waals surface area contributed by atoms with Gasteiger partial charge in [-0.15, -0.1) is 0 Å². The molecule has 4 aromatic rings. The highest BCUT2D eigenvalue weighted by Crippen LogP contribution is 2.55. The fourth-order valence-electron chi connectivity index (χ4n) is 4.20. The monoisotopic (exact) mass is 441 g/mol. The van der Waals surface area contributed by atoms with Crippen LogP contribution < -0.4 is 20.7 Å². The molecule has 0 spiro atoms. The molecule has 0 saturated carbocycles. The van der Waals surface area contributed by atoms with E-state index in [9.17, 15) is 0 Å². The van der Waals surface area contributed by atoms with Crippen LogP contribution in [-0.2, 0) is 11.3 Å². The summed E-state index contributed by atoms with van der Waals surface area (Å²) in [5, 5.41) is 4.27. The number of methoxy groups -OCH3 is 1. The second-order valence-electron chi connectivity index (χ2n) is 7.79. The highest BCUT2D eigenvalue weighted by Gasteiger charge is 2.44. The first-order valence-electron chi connectivity index (χ1n) is 11.1. The summed E-state index contributed by atoms with van der Waals surface area (Å²) in [5.41, 5.74) is 1.17. The summed E-state index contributed by atoms with van der Waals surface area (Å²) in [6, 6.07) is 41.2. The van der Waals surface area contributed by atoms with Gasteiger partial charge >= 0.3 is 0 Å². The van der Waals surface area contributed by atoms with Crippen LogP contribution in [0.25, 0.3) is 0 Å². The summed E-state index contributed by atoms with van der Waals surface area (Å²) in [5.74, 6) is 0.872. The van der Waals surface area contributed by atoms with Crippen LogP contribution in [0.3, 0.4) is 0 Å². The maximum Gasteiger partial charge on any atom is 0.118 e. The Hall–Kier alpha value is -2.93. The van der Waals surface area contributed by atoms with Gasteiger partial charge in [0.2, 0.25) is 0 Å². The molecule has 0 atom stereocenters. The van der Waals surface area contributed by atoms with Crippen molar-refractivity contribution in [2.24, 2.45) is 0 Å². The van der Waals surface area contributed by atoms with Crippen molar-refractivity contribution in [3.05, 3.63) is 121 Å². The number of rotatable bonds is 10. The molecule has 0 aliphatic heterocycles. The molecule has 0 aromatic heterocycles. The summed E-state index contributed by atoms with van der Waals surface area (Å²) >= 11 is 0. The summed E-state index contributed by atoms with van der Waals surface area (Å²) < 4.78 is 11.3. The van der Waals surface area contributed by atoms with Crippen molar-refractivity contribution >= 4 is 23.2 Å². The van der Waals surface area contributed by atoms with Gasteiger partial charge in [0, 0.05) is 6.42 Å². The van der Waals surface area contributed by atoms with Crippen molar-refractivity contribution in [2.45, 2.75) is 13.0 Å². The molecule has 2 nitrogen and oxygen atoms in total. The van der Waals surface area contributed by atoms with Crippen LogP contribution in [0.2, 0.25) is 0 Å². The van der Waals surface area contributed by atoms with Gasteiger partial charge in [-0.05, 0) is 54.1 Å². The van der Waals surface area contributed by atoms with Crippen molar-refractivity contribution in [1.29, 1.82) is 0 Å². The lowest BCUT2D eigenvalue weighted by Crippen LogP contribution is -2.33. The molecule has 0 saturated heterocycles. The van der Waals surface area contributed by atoms with Gasteiger partial charge in [-0.25, -0.2) is 0 Å². The van der Waals surface area contributed by atoms with Gasteiger partial charge in [-0.3, -0.25) is 0 Å². The standard InChI is InChI=1S/C29H30O2P/c1-30-26-20-18-25(19-21-26)24-31-22-11-23-32(27-12-5-2-6-13-27,28-14-7-3-8-15-28)29-16-9-4-10-17-29/h2-10,12-21H,11,22-24H2,1H3/q+1. The van der Waals surface area contributed by atoms with Crippen LogP contribution in [-0.4, -0.2) is 19.9 Å². The van der Waals surface area contributed by atoms with Gasteiger partial charge in [0.25, 0.3) is 0 Å². The third kappa shape index (κ3) is 5.10. The van der Waals surface area contributed by atoms with E-state index >= 15 is 0 Å². The molecular weight excluding hydrogens is 411 g/mol. The molecule has 0 bridgehead atoms. The quantitative estimate of drug-likeness (QED) is 0.236. The molecule has 0 aliphatic rings. The minimum absolute atomic E-state index is 0.622. The average molecular weight is 442 g/mol. The lowest BCUT2D eigenvalue weighted by atomic mass is 10.2. The summed E-state index contributed by atoms with van der Waals surface area (Å²) in [6.45, 7) is 1.36. The lowest BCUT2D eigenvalue weighted by molar-refractivity contribution is 0.122. The normalized spacial score (nSPS) is 11.3. The van der Waals surface area contributed by atoms with Crippen molar-refractivity contribution < 1.29 is 9.47 Å². The molecule has 0 aliphatic carbocycles. The third-order valence-electron chi connectivity index (χ3n) is 5.80. The largest absolute Gasteiger partial charge is 0.497 e. The van der Waals surface area contributed by atoms with Gasteiger partial charge in [-0.2, -0.15) is 0 Å². The van der Waals surface area contributed by atoms with Crippen LogP contribution in [0, 0.1) is 0 Å². The zero-order valence-corrected chi connectivity index (χ0v) is 19.5. The Kier molecular flexibility index (Phi) is 7.72. The van der Waals surface area contributed by atoms with Gasteiger partial charge in [0.15, 0.2) is 0 Å². The maximum absolute atomic E-state index is 6.07. The average Bonchev–Trinajstić information content (AvgIpc) is 2.88. The summed E-state index contributed by atoms with van der Waals surface area (Å²) in [6.07, 6.45) is 2.08. The van der Waals surface area contributed by atoms with Crippen LogP contribution >= 0.6 is 7.26 Å². The van der Waals surface area contributed by atoms with E-state index in [0.29, 0.717) is 6.61 Å². The summed E-state index contributed by atoms with van der Waals surface area (Å²) in [7, 11) is -0.0851. The van der Waals surface area contributed by atoms with Gasteiger partial charge in [-0.1, -0.05) is 66.7 Å². The third-order valence-corrected chi connectivity index (χ3v) is 10.3. The topological polar surface area (TPSA) is 18.5 Å². The molecule has 0 unspecified atom stereocenters. The smallest absolute Gasteiger partial charge is 0.118 e. The molecule has 0 N–H and O–H groups in total. The number of ether oxygens (including phenoxy) is 2. The Balaban J connectivity index is 1.55. The van der Waals surface area contributed by atoms with Gasteiger partial charge in [0.1, 0.15) is 28.9 Å². The molecule has 0 heterocycles. The minimum atomic E-state index is -1.77. The van der Waals surface area contributed by atoms with Gasteiger partial charge < -0.3 is 9.47 Å². The van der Waals surface area contributed by atoms with Crippen molar-refractivity contribution in [1.82, 2.24) is 0 Å². The van der Waals surface area contributed by atoms with Crippen molar-refractivity contribution in [3.8, 4) is 5.75 Å². The Morgan fingerprint density at radius 2 is 1.06 bits per heavy atom. The van der Waals surface area contributed by atoms with Crippen molar-refractivity contribution in [3.63, 3.8) is 0 Å². The summed E-state index contributed by atoms with van der Waals surface area (Å²) in [4.78, 5) is 0. The second kappa shape index (κ2) is 11.1. The first-order valence-corrected chi connectivity index (χ1v) is 13.1. The van der Waals surface area contributed by atoms with E-state index < -0.39 is 7.26 Å². The van der Waals surface area contributed by atoms with E-state index in [1.807, 2.05) is 12.1 Å². The molecule has 3 heteroatoms. The first-order chi connectivity index (χ1) is 15.8. The van der Waals surface area contributed by atoms with Crippen LogP contribution in [0.15, 0.2) is 115 Å². The van der Waals surface area contributed by atoms with Gasteiger partial charge in [0.05, 0.1) is 26.5 Å². The molecule has 0 radical (unpaired) electrons. The maximum atomic E-state index is 6.07. The van der Waals surface area contributed by atoms with Crippen LogP contribution in [0.4, 0.5) is 0 Å². The predicted octanol–water partition coefficient (Wildman–Crippen LogP) is 5.60. The number of hydrogen-bond acceptors (Lipinski definition) is 2.